The molecule has 1 aliphatic heterocycles. The molecule has 1 aromatic rings. The fraction of sp³-hybridized carbons (Fsp3) is 0.462. The molecule has 17 heavy (non-hydrogen) atoms. The van der Waals surface area contributed by atoms with Crippen molar-refractivity contribution in [1.82, 2.24) is 5.32 Å². The number of nitrogens with one attached hydrogen (secondary N) is 1. The molecule has 0 aliphatic carbocycles. The lowest BCUT2D eigenvalue weighted by Gasteiger charge is -2.38. The van der Waals surface area contributed by atoms with E-state index in [4.69, 9.17) is 16.3 Å². The van der Waals surface area contributed by atoms with Gasteiger partial charge >= 0.3 is 0 Å². The topological polar surface area (TPSA) is 38.3 Å². The molecule has 1 aromatic carbocycles. The second-order valence-electron chi connectivity index (χ2n) is 4.92. The first-order valence-electron chi connectivity index (χ1n) is 5.63. The molecule has 0 aromatic heterocycles. The summed E-state index contributed by atoms with van der Waals surface area (Å²) in [6.45, 7) is 6.01. The highest BCUT2D eigenvalue weighted by atomic mass is 35.5. The first kappa shape index (κ1) is 12.4. The number of hydrogen-bond donors (Lipinski definition) is 1. The first-order valence-corrected chi connectivity index (χ1v) is 6.01. The standard InChI is InChI=1S/C13H16ClNO2/c1-9-4-3-5-10(14)11(9)12(16)15-6-13(2)7-17-8-13/h3-5H,6-8H2,1-2H3,(H,15,16). The highest BCUT2D eigenvalue weighted by Gasteiger charge is 2.33. The number of hydrogen-bond acceptors (Lipinski definition) is 2. The number of benzene rings is 1. The third kappa shape index (κ3) is 2.61. The molecular formula is C13H16ClNO2. The van der Waals surface area contributed by atoms with E-state index in [2.05, 4.69) is 12.2 Å². The Labute approximate surface area is 106 Å². The highest BCUT2D eigenvalue weighted by Crippen LogP contribution is 2.26. The van der Waals surface area contributed by atoms with Gasteiger partial charge in [-0.2, -0.15) is 0 Å². The van der Waals surface area contributed by atoms with Crippen molar-refractivity contribution >= 4 is 17.5 Å². The number of rotatable bonds is 3. The van der Waals surface area contributed by atoms with Crippen LogP contribution >= 0.6 is 11.6 Å². The predicted octanol–water partition coefficient (Wildman–Crippen LogP) is 2.41. The minimum atomic E-state index is -0.110. The lowest BCUT2D eigenvalue weighted by Crippen LogP contribution is -2.48. The number of ether oxygens (including phenoxy) is 1. The molecule has 0 saturated carbocycles. The summed E-state index contributed by atoms with van der Waals surface area (Å²) in [7, 11) is 0. The van der Waals surface area contributed by atoms with E-state index in [1.54, 1.807) is 6.07 Å². The number of carbonyl (C=O) groups is 1. The Morgan fingerprint density at radius 3 is 2.76 bits per heavy atom. The summed E-state index contributed by atoms with van der Waals surface area (Å²) in [4.78, 5) is 12.0. The van der Waals surface area contributed by atoms with E-state index in [9.17, 15) is 4.79 Å². The Hall–Kier alpha value is -1.06. The number of halogens is 1. The molecule has 0 atom stereocenters. The Balaban J connectivity index is 2.04. The third-order valence-corrected chi connectivity index (χ3v) is 3.34. The van der Waals surface area contributed by atoms with Crippen molar-refractivity contribution in [1.29, 1.82) is 0 Å². The van der Waals surface area contributed by atoms with Gasteiger partial charge in [0, 0.05) is 12.0 Å². The Morgan fingerprint density at radius 1 is 1.53 bits per heavy atom. The Bertz CT molecular complexity index is 421. The van der Waals surface area contributed by atoms with Gasteiger partial charge in [0.25, 0.3) is 5.91 Å². The van der Waals surface area contributed by atoms with Gasteiger partial charge in [0.15, 0.2) is 0 Å². The van der Waals surface area contributed by atoms with Gasteiger partial charge in [-0.05, 0) is 18.6 Å². The summed E-state index contributed by atoms with van der Waals surface area (Å²) in [5.41, 5.74) is 1.54. The molecule has 1 heterocycles. The van der Waals surface area contributed by atoms with Crippen LogP contribution in [0.1, 0.15) is 22.8 Å². The van der Waals surface area contributed by atoms with E-state index >= 15 is 0 Å². The van der Waals surface area contributed by atoms with Crippen LogP contribution < -0.4 is 5.32 Å². The molecule has 1 aliphatic rings. The van der Waals surface area contributed by atoms with E-state index in [1.165, 1.54) is 0 Å². The lowest BCUT2D eigenvalue weighted by molar-refractivity contribution is -0.0978. The normalized spacial score (nSPS) is 17.4. The summed E-state index contributed by atoms with van der Waals surface area (Å²) in [6, 6.07) is 5.46. The zero-order valence-electron chi connectivity index (χ0n) is 10.0. The minimum Gasteiger partial charge on any atom is -0.380 e. The summed E-state index contributed by atoms with van der Waals surface area (Å²) < 4.78 is 5.15. The zero-order chi connectivity index (χ0) is 12.5. The maximum atomic E-state index is 12.0. The van der Waals surface area contributed by atoms with E-state index in [-0.39, 0.29) is 11.3 Å². The molecule has 0 bridgehead atoms. The molecular weight excluding hydrogens is 238 g/mol. The largest absolute Gasteiger partial charge is 0.380 e. The van der Waals surface area contributed by atoms with Crippen LogP contribution in [0.2, 0.25) is 5.02 Å². The molecule has 3 nitrogen and oxygen atoms in total. The van der Waals surface area contributed by atoms with Crippen LogP contribution in [-0.4, -0.2) is 25.7 Å². The van der Waals surface area contributed by atoms with E-state index in [0.29, 0.717) is 30.3 Å². The van der Waals surface area contributed by atoms with Gasteiger partial charge < -0.3 is 10.1 Å². The van der Waals surface area contributed by atoms with Crippen LogP contribution in [-0.2, 0) is 4.74 Å². The van der Waals surface area contributed by atoms with Crippen LogP contribution in [0.25, 0.3) is 0 Å². The SMILES string of the molecule is Cc1cccc(Cl)c1C(=O)NCC1(C)COC1. The fourth-order valence-corrected chi connectivity index (χ4v) is 2.16. The summed E-state index contributed by atoms with van der Waals surface area (Å²) in [6.07, 6.45) is 0. The lowest BCUT2D eigenvalue weighted by atomic mass is 9.88. The van der Waals surface area contributed by atoms with Gasteiger partial charge in [0.2, 0.25) is 0 Å². The van der Waals surface area contributed by atoms with Crippen LogP contribution in [0.3, 0.4) is 0 Å². The van der Waals surface area contributed by atoms with Gasteiger partial charge in [-0.15, -0.1) is 0 Å². The molecule has 92 valence electrons. The predicted molar refractivity (Wildman–Crippen MR) is 67.4 cm³/mol. The summed E-state index contributed by atoms with van der Waals surface area (Å²) >= 11 is 6.04. The van der Waals surface area contributed by atoms with Crippen molar-refractivity contribution in [3.63, 3.8) is 0 Å². The average molecular weight is 254 g/mol. The zero-order valence-corrected chi connectivity index (χ0v) is 10.8. The van der Waals surface area contributed by atoms with Crippen molar-refractivity contribution in [3.05, 3.63) is 34.3 Å². The molecule has 0 spiro atoms. The highest BCUT2D eigenvalue weighted by molar-refractivity contribution is 6.34. The monoisotopic (exact) mass is 253 g/mol. The Morgan fingerprint density at radius 2 is 2.24 bits per heavy atom. The molecule has 1 amide bonds. The number of amides is 1. The van der Waals surface area contributed by atoms with Crippen molar-refractivity contribution in [3.8, 4) is 0 Å². The number of carbonyl (C=O) groups excluding carboxylic acids is 1. The van der Waals surface area contributed by atoms with Crippen LogP contribution in [0.5, 0.6) is 0 Å². The molecule has 1 fully saturated rings. The quantitative estimate of drug-likeness (QED) is 0.899. The van der Waals surface area contributed by atoms with Crippen molar-refractivity contribution in [2.24, 2.45) is 5.41 Å². The van der Waals surface area contributed by atoms with Gasteiger partial charge in [0.05, 0.1) is 23.8 Å². The summed E-state index contributed by atoms with van der Waals surface area (Å²) in [5, 5.41) is 3.42. The van der Waals surface area contributed by atoms with Crippen LogP contribution in [0, 0.1) is 12.3 Å². The third-order valence-electron chi connectivity index (χ3n) is 3.03. The molecule has 1 saturated heterocycles. The second-order valence-corrected chi connectivity index (χ2v) is 5.33. The maximum absolute atomic E-state index is 12.0. The van der Waals surface area contributed by atoms with Gasteiger partial charge in [-0.3, -0.25) is 4.79 Å². The van der Waals surface area contributed by atoms with E-state index in [0.717, 1.165) is 5.56 Å². The molecule has 0 unspecified atom stereocenters. The molecule has 1 N–H and O–H groups in total. The minimum absolute atomic E-state index is 0.0742. The smallest absolute Gasteiger partial charge is 0.253 e. The average Bonchev–Trinajstić information content (AvgIpc) is 2.23. The fourth-order valence-electron chi connectivity index (χ4n) is 1.85. The maximum Gasteiger partial charge on any atom is 0.253 e. The first-order chi connectivity index (χ1) is 8.02. The molecule has 4 heteroatoms. The van der Waals surface area contributed by atoms with Crippen LogP contribution in [0.4, 0.5) is 0 Å². The van der Waals surface area contributed by atoms with Gasteiger partial charge in [0.1, 0.15) is 0 Å². The molecule has 0 radical (unpaired) electrons. The molecule has 2 rings (SSSR count). The van der Waals surface area contributed by atoms with Crippen molar-refractivity contribution < 1.29 is 9.53 Å². The van der Waals surface area contributed by atoms with Crippen molar-refractivity contribution in [2.45, 2.75) is 13.8 Å². The van der Waals surface area contributed by atoms with Crippen LogP contribution in [0.15, 0.2) is 18.2 Å². The van der Waals surface area contributed by atoms with Gasteiger partial charge in [-0.25, -0.2) is 0 Å². The van der Waals surface area contributed by atoms with Crippen molar-refractivity contribution in [2.75, 3.05) is 19.8 Å². The van der Waals surface area contributed by atoms with Gasteiger partial charge in [-0.1, -0.05) is 30.7 Å². The Kier molecular flexibility index (Phi) is 3.40. The summed E-state index contributed by atoms with van der Waals surface area (Å²) in [5.74, 6) is -0.110. The van der Waals surface area contributed by atoms with E-state index < -0.39 is 0 Å². The second kappa shape index (κ2) is 4.67. The number of aryl methyl sites for hydroxylation is 1. The van der Waals surface area contributed by atoms with E-state index in [1.807, 2.05) is 19.1 Å².